The first-order valence-electron chi connectivity index (χ1n) is 6.66. The molecule has 2 fully saturated rings. The third-order valence-corrected chi connectivity index (χ3v) is 4.21. The quantitative estimate of drug-likeness (QED) is 0.664. The van der Waals surface area contributed by atoms with Gasteiger partial charge in [-0.1, -0.05) is 0 Å². The molecule has 6 nitrogen and oxygen atoms in total. The molecule has 110 valence electrons. The summed E-state index contributed by atoms with van der Waals surface area (Å²) < 4.78 is 21.6. The van der Waals surface area contributed by atoms with Gasteiger partial charge in [0.1, 0.15) is 29.1 Å². The lowest BCUT2D eigenvalue weighted by Crippen LogP contribution is -2.24. The zero-order chi connectivity index (χ0) is 14.8. The number of methoxy groups -OCH3 is 1. The Morgan fingerprint density at radius 2 is 2.14 bits per heavy atom. The Kier molecular flexibility index (Phi) is 2.48. The smallest absolute Gasteiger partial charge is 0.336 e. The van der Waals surface area contributed by atoms with Crippen LogP contribution in [0, 0.1) is 0 Å². The zero-order valence-electron chi connectivity index (χ0n) is 11.5. The molecule has 0 radical (unpaired) electrons. The zero-order valence-corrected chi connectivity index (χ0v) is 11.5. The molecule has 21 heavy (non-hydrogen) atoms. The largest absolute Gasteiger partial charge is 0.496 e. The first kappa shape index (κ1) is 12.8. The number of benzene rings is 1. The summed E-state index contributed by atoms with van der Waals surface area (Å²) in [7, 11) is 1.53. The molecular weight excluding hydrogens is 276 g/mol. The highest BCUT2D eigenvalue weighted by molar-refractivity contribution is 5.79. The highest BCUT2D eigenvalue weighted by Crippen LogP contribution is 2.56. The predicted molar refractivity (Wildman–Crippen MR) is 72.1 cm³/mol. The molecule has 0 saturated carbocycles. The van der Waals surface area contributed by atoms with Crippen LogP contribution in [0.2, 0.25) is 0 Å². The monoisotopic (exact) mass is 290 g/mol. The van der Waals surface area contributed by atoms with E-state index in [-0.39, 0.29) is 6.10 Å². The van der Waals surface area contributed by atoms with Crippen molar-refractivity contribution in [2.75, 3.05) is 7.11 Å². The Hall–Kier alpha value is -1.89. The Bertz CT molecular complexity index is 781. The van der Waals surface area contributed by atoms with Crippen molar-refractivity contribution in [1.29, 1.82) is 0 Å². The minimum absolute atomic E-state index is 0.199. The SMILES string of the molecule is COc1cc2oc(=O)ccc2cc1C1OC(O)C2(C)OC12. The van der Waals surface area contributed by atoms with Crippen LogP contribution in [-0.4, -0.2) is 30.2 Å². The molecule has 2 aliphatic rings. The number of ether oxygens (including phenoxy) is 3. The lowest BCUT2D eigenvalue weighted by atomic mass is 9.99. The van der Waals surface area contributed by atoms with Crippen molar-refractivity contribution in [2.24, 2.45) is 0 Å². The molecule has 2 saturated heterocycles. The lowest BCUT2D eigenvalue weighted by Gasteiger charge is -2.18. The number of hydrogen-bond acceptors (Lipinski definition) is 6. The Balaban J connectivity index is 1.85. The Morgan fingerprint density at radius 1 is 1.33 bits per heavy atom. The maximum atomic E-state index is 11.3. The van der Waals surface area contributed by atoms with E-state index in [0.29, 0.717) is 11.3 Å². The molecule has 0 spiro atoms. The molecule has 4 unspecified atom stereocenters. The lowest BCUT2D eigenvalue weighted by molar-refractivity contribution is -0.160. The van der Waals surface area contributed by atoms with Crippen LogP contribution in [0.1, 0.15) is 18.6 Å². The highest BCUT2D eigenvalue weighted by Gasteiger charge is 2.68. The van der Waals surface area contributed by atoms with E-state index in [0.717, 1.165) is 10.9 Å². The van der Waals surface area contributed by atoms with Gasteiger partial charge in [-0.3, -0.25) is 0 Å². The van der Waals surface area contributed by atoms with Gasteiger partial charge in [0.05, 0.1) is 7.11 Å². The van der Waals surface area contributed by atoms with Crippen LogP contribution >= 0.6 is 0 Å². The Morgan fingerprint density at radius 3 is 2.76 bits per heavy atom. The van der Waals surface area contributed by atoms with Gasteiger partial charge in [-0.05, 0) is 19.1 Å². The summed E-state index contributed by atoms with van der Waals surface area (Å²) in [5, 5.41) is 10.7. The van der Waals surface area contributed by atoms with Crippen LogP contribution < -0.4 is 10.4 Å². The van der Waals surface area contributed by atoms with E-state index in [1.165, 1.54) is 13.2 Å². The molecule has 0 aliphatic carbocycles. The van der Waals surface area contributed by atoms with Crippen molar-refractivity contribution in [3.05, 3.63) is 40.2 Å². The maximum absolute atomic E-state index is 11.3. The molecule has 2 aromatic rings. The van der Waals surface area contributed by atoms with Crippen molar-refractivity contribution in [3.8, 4) is 5.75 Å². The van der Waals surface area contributed by atoms with Gasteiger partial charge in [0.15, 0.2) is 6.29 Å². The van der Waals surface area contributed by atoms with Crippen molar-refractivity contribution < 1.29 is 23.7 Å². The van der Waals surface area contributed by atoms with Crippen LogP contribution in [0.3, 0.4) is 0 Å². The number of aliphatic hydroxyl groups excluding tert-OH is 1. The average molecular weight is 290 g/mol. The van der Waals surface area contributed by atoms with E-state index < -0.39 is 23.6 Å². The minimum atomic E-state index is -0.957. The molecule has 0 bridgehead atoms. The van der Waals surface area contributed by atoms with E-state index >= 15 is 0 Å². The fourth-order valence-electron chi connectivity index (χ4n) is 2.90. The van der Waals surface area contributed by atoms with Crippen molar-refractivity contribution >= 4 is 11.0 Å². The molecule has 4 rings (SSSR count). The number of aliphatic hydroxyl groups is 1. The summed E-state index contributed by atoms with van der Waals surface area (Å²) in [5.74, 6) is 0.536. The van der Waals surface area contributed by atoms with Gasteiger partial charge in [0.25, 0.3) is 0 Å². The van der Waals surface area contributed by atoms with Crippen molar-refractivity contribution in [3.63, 3.8) is 0 Å². The summed E-state index contributed by atoms with van der Waals surface area (Å²) in [4.78, 5) is 11.3. The first-order valence-corrected chi connectivity index (χ1v) is 6.66. The Labute approximate surface area is 119 Å². The summed E-state index contributed by atoms with van der Waals surface area (Å²) in [6.45, 7) is 1.81. The molecule has 1 aromatic carbocycles. The van der Waals surface area contributed by atoms with Gasteiger partial charge in [0.2, 0.25) is 0 Å². The van der Waals surface area contributed by atoms with Crippen LogP contribution in [-0.2, 0) is 9.47 Å². The van der Waals surface area contributed by atoms with E-state index in [1.807, 2.05) is 13.0 Å². The highest BCUT2D eigenvalue weighted by atomic mass is 16.7. The molecule has 1 N–H and O–H groups in total. The third-order valence-electron chi connectivity index (χ3n) is 4.21. The summed E-state index contributed by atoms with van der Waals surface area (Å²) in [6.07, 6.45) is -1.56. The van der Waals surface area contributed by atoms with Gasteiger partial charge < -0.3 is 23.7 Å². The molecule has 1 aromatic heterocycles. The van der Waals surface area contributed by atoms with Gasteiger partial charge >= 0.3 is 5.63 Å². The van der Waals surface area contributed by atoms with Gasteiger partial charge in [-0.2, -0.15) is 0 Å². The number of epoxide rings is 1. The fraction of sp³-hybridized carbons (Fsp3) is 0.400. The topological polar surface area (TPSA) is 81.4 Å². The van der Waals surface area contributed by atoms with Gasteiger partial charge in [0, 0.05) is 23.1 Å². The molecule has 6 heteroatoms. The molecule has 3 heterocycles. The average Bonchev–Trinajstić information content (AvgIpc) is 3.09. The number of fused-ring (bicyclic) bond motifs is 2. The minimum Gasteiger partial charge on any atom is -0.496 e. The van der Waals surface area contributed by atoms with Gasteiger partial charge in [-0.15, -0.1) is 0 Å². The second kappa shape index (κ2) is 4.07. The van der Waals surface area contributed by atoms with E-state index in [1.54, 1.807) is 12.1 Å². The molecule has 0 amide bonds. The standard InChI is InChI=1S/C15H14O6/c1-15-13(21-15)12(20-14(15)17)8-5-7-3-4-11(16)19-9(7)6-10(8)18-2/h3-6,12-14,17H,1-2H3. The molecule has 4 atom stereocenters. The summed E-state index contributed by atoms with van der Waals surface area (Å²) in [6, 6.07) is 6.53. The second-order valence-corrected chi connectivity index (χ2v) is 5.52. The van der Waals surface area contributed by atoms with Crippen LogP contribution in [0.4, 0.5) is 0 Å². The van der Waals surface area contributed by atoms with Crippen LogP contribution in [0.5, 0.6) is 5.75 Å². The first-order chi connectivity index (χ1) is 10.0. The normalized spacial score (nSPS) is 34.0. The van der Waals surface area contributed by atoms with Crippen LogP contribution in [0.15, 0.2) is 33.5 Å². The number of rotatable bonds is 2. The molecule has 2 aliphatic heterocycles. The van der Waals surface area contributed by atoms with E-state index in [4.69, 9.17) is 18.6 Å². The van der Waals surface area contributed by atoms with Crippen molar-refractivity contribution in [2.45, 2.75) is 31.0 Å². The predicted octanol–water partition coefficient (Wildman–Crippen LogP) is 1.35. The molecular formula is C15H14O6. The van der Waals surface area contributed by atoms with E-state index in [9.17, 15) is 9.90 Å². The van der Waals surface area contributed by atoms with Crippen LogP contribution in [0.25, 0.3) is 11.0 Å². The summed E-state index contributed by atoms with van der Waals surface area (Å²) in [5.41, 5.74) is 0.154. The summed E-state index contributed by atoms with van der Waals surface area (Å²) >= 11 is 0. The maximum Gasteiger partial charge on any atom is 0.336 e. The van der Waals surface area contributed by atoms with Gasteiger partial charge in [-0.25, -0.2) is 4.79 Å². The number of hydrogen-bond donors (Lipinski definition) is 1. The third kappa shape index (κ3) is 1.73. The van der Waals surface area contributed by atoms with E-state index in [2.05, 4.69) is 0 Å². The van der Waals surface area contributed by atoms with Crippen molar-refractivity contribution in [1.82, 2.24) is 0 Å². The second-order valence-electron chi connectivity index (χ2n) is 5.52. The fourth-order valence-corrected chi connectivity index (χ4v) is 2.90.